The number of aryl methyl sites for hydroxylation is 1. The molecule has 16 nitrogen and oxygen atoms in total. The van der Waals surface area contributed by atoms with Gasteiger partial charge in [-0.25, -0.2) is 8.78 Å². The lowest BCUT2D eigenvalue weighted by molar-refractivity contribution is -0.150. The van der Waals surface area contributed by atoms with Gasteiger partial charge in [0, 0.05) is 37.0 Å². The summed E-state index contributed by atoms with van der Waals surface area (Å²) in [5, 5.41) is 20.9. The van der Waals surface area contributed by atoms with E-state index in [9.17, 15) is 33.2 Å². The first-order valence-electron chi connectivity index (χ1n) is 27.5. The van der Waals surface area contributed by atoms with E-state index in [1.807, 2.05) is 57.2 Å². The summed E-state index contributed by atoms with van der Waals surface area (Å²) in [6, 6.07) is 18.4. The number of carbonyl (C=O) groups excluding carboxylic acids is 7. The van der Waals surface area contributed by atoms with E-state index in [0.29, 0.717) is 11.1 Å². The molecule has 424 valence electrons. The zero-order valence-corrected chi connectivity index (χ0v) is 47.4. The minimum Gasteiger partial charge on any atom is -0.350 e. The average molecular weight is 1090 g/mol. The highest BCUT2D eigenvalue weighted by molar-refractivity contribution is 5.97. The van der Waals surface area contributed by atoms with Crippen LogP contribution in [-0.4, -0.2) is 114 Å². The molecule has 10 atom stereocenters. The minimum absolute atomic E-state index is 0.0119. The number of amides is 7. The third kappa shape index (κ3) is 13.5. The van der Waals surface area contributed by atoms with Gasteiger partial charge in [-0.3, -0.25) is 33.6 Å². The molecule has 7 N–H and O–H groups in total. The number of nitrogens with zero attached hydrogens (tertiary/aromatic N) is 2. The van der Waals surface area contributed by atoms with Crippen molar-refractivity contribution < 1.29 is 42.3 Å². The van der Waals surface area contributed by atoms with Gasteiger partial charge in [0.15, 0.2) is 11.6 Å². The fourth-order valence-electron chi connectivity index (χ4n) is 11.1. The Labute approximate surface area is 463 Å². The topological polar surface area (TPSA) is 210 Å². The summed E-state index contributed by atoms with van der Waals surface area (Å²) in [6.07, 6.45) is 2.73. The predicted octanol–water partition coefficient (Wildman–Crippen LogP) is 6.05. The van der Waals surface area contributed by atoms with Crippen molar-refractivity contribution >= 4 is 41.4 Å². The molecule has 0 radical (unpaired) electrons. The molecule has 0 saturated carbocycles. The zero-order chi connectivity index (χ0) is 57.7. The number of hydrogen-bond donors (Lipinski definition) is 7. The fourth-order valence-corrected chi connectivity index (χ4v) is 11.1. The Morgan fingerprint density at radius 2 is 1.24 bits per heavy atom. The molecule has 2 heterocycles. The Morgan fingerprint density at radius 3 is 1.85 bits per heavy atom. The summed E-state index contributed by atoms with van der Waals surface area (Å²) in [4.78, 5) is 103. The summed E-state index contributed by atoms with van der Waals surface area (Å²) in [7, 11) is 3.27. The number of fused-ring (bicyclic) bond motifs is 2. The van der Waals surface area contributed by atoms with Crippen LogP contribution in [0.15, 0.2) is 91.0 Å². The lowest BCUT2D eigenvalue weighted by Gasteiger charge is -2.48. The zero-order valence-electron chi connectivity index (χ0n) is 47.4. The van der Waals surface area contributed by atoms with E-state index in [1.165, 1.54) is 21.9 Å². The fraction of sp³-hybridized carbons (Fsp3) is 0.492. The molecule has 79 heavy (non-hydrogen) atoms. The van der Waals surface area contributed by atoms with Gasteiger partial charge in [0.05, 0.1) is 24.2 Å². The van der Waals surface area contributed by atoms with Crippen molar-refractivity contribution in [2.75, 3.05) is 20.6 Å². The van der Waals surface area contributed by atoms with E-state index in [1.54, 1.807) is 86.0 Å². The minimum atomic E-state index is -1.16. The van der Waals surface area contributed by atoms with E-state index in [-0.39, 0.29) is 54.9 Å². The number of rotatable bonds is 17. The molecule has 18 heteroatoms. The number of likely N-dealkylation sites (N-methyl/N-ethyl adjacent to an activating group) is 2. The van der Waals surface area contributed by atoms with Crippen molar-refractivity contribution in [1.29, 1.82) is 0 Å². The first kappa shape index (κ1) is 59.6. The Bertz CT molecular complexity index is 2900. The summed E-state index contributed by atoms with van der Waals surface area (Å²) in [5.41, 5.74) is 2.91. The molecule has 7 amide bonds. The van der Waals surface area contributed by atoms with Gasteiger partial charge in [0.25, 0.3) is 5.91 Å². The van der Waals surface area contributed by atoms with Crippen LogP contribution in [0, 0.1) is 22.5 Å². The van der Waals surface area contributed by atoms with Crippen LogP contribution in [0.2, 0.25) is 0 Å². The molecule has 4 aromatic rings. The number of hydrogen-bond acceptors (Lipinski definition) is 9. The first-order chi connectivity index (χ1) is 37.3. The maximum atomic E-state index is 15.7. The predicted molar refractivity (Wildman–Crippen MR) is 298 cm³/mol. The molecule has 3 aliphatic rings. The van der Waals surface area contributed by atoms with Crippen LogP contribution >= 0.6 is 0 Å². The van der Waals surface area contributed by atoms with Crippen LogP contribution in [0.4, 0.5) is 8.78 Å². The molecule has 0 aromatic heterocycles. The van der Waals surface area contributed by atoms with Crippen molar-refractivity contribution in [3.05, 3.63) is 142 Å². The highest BCUT2D eigenvalue weighted by atomic mass is 19.2. The largest absolute Gasteiger partial charge is 0.350 e. The standard InChI is InChI=1S/C61H79F2N9O7/c1-34(42-23-17-24-45(62)49(42)63)50-44-22-15-13-19-40(44)30-48(72(50)59(79)52(61(7,8)9)70-54(74)36(3)65-11)56(76)66-32-37-26-28-39(29-27-37)55(75)67-41-31-47(57(77)68-46-25-16-20-38-18-12-14-21-43(38)46)71(33-41)58(78)51(60(4,5)6)69-53(73)35(2)64-10/h12-15,17-19,21-24,26-29,34-36,41,46-48,50-52,64-65H,16,20,25,30-33H2,1-11H3,(H,66,76)(H,67,75)(H,68,77)(H,69,73)(H,70,74)/t34-,35+,36+,41+,46-,47+,48?,50?,51-,52-/m1/s1. The van der Waals surface area contributed by atoms with E-state index in [4.69, 9.17) is 0 Å². The molecule has 1 saturated heterocycles. The quantitative estimate of drug-likeness (QED) is 0.0656. The van der Waals surface area contributed by atoms with Gasteiger partial charge >= 0.3 is 0 Å². The Hall–Kier alpha value is -7.05. The van der Waals surface area contributed by atoms with Crippen molar-refractivity contribution in [3.63, 3.8) is 0 Å². The lowest BCUT2D eigenvalue weighted by Crippen LogP contribution is -2.63. The van der Waals surface area contributed by atoms with Crippen LogP contribution in [0.1, 0.15) is 143 Å². The average Bonchev–Trinajstić information content (AvgIpc) is 3.86. The van der Waals surface area contributed by atoms with E-state index >= 15 is 9.18 Å². The Kier molecular flexibility index (Phi) is 18.8. The maximum absolute atomic E-state index is 15.7. The van der Waals surface area contributed by atoms with Crippen LogP contribution in [0.5, 0.6) is 0 Å². The first-order valence-corrected chi connectivity index (χ1v) is 27.5. The van der Waals surface area contributed by atoms with E-state index < -0.39 is 106 Å². The second-order valence-electron chi connectivity index (χ2n) is 23.7. The molecular weight excluding hydrogens is 1010 g/mol. The van der Waals surface area contributed by atoms with Gasteiger partial charge in [-0.05, 0) is 116 Å². The molecule has 7 rings (SSSR count). The highest BCUT2D eigenvalue weighted by Gasteiger charge is 2.49. The van der Waals surface area contributed by atoms with Crippen molar-refractivity contribution in [3.8, 4) is 0 Å². The maximum Gasteiger partial charge on any atom is 0.251 e. The van der Waals surface area contributed by atoms with Crippen LogP contribution < -0.4 is 37.2 Å². The number of benzene rings is 4. The number of likely N-dealkylation sites (tertiary alicyclic amines) is 1. The third-order valence-electron chi connectivity index (χ3n) is 16.0. The normalized spacial score (nSPS) is 21.0. The molecule has 0 spiro atoms. The van der Waals surface area contributed by atoms with Gasteiger partial charge in [0.1, 0.15) is 24.2 Å². The molecule has 0 bridgehead atoms. The Morgan fingerprint density at radius 1 is 0.658 bits per heavy atom. The Balaban J connectivity index is 1.11. The molecule has 4 aromatic carbocycles. The summed E-state index contributed by atoms with van der Waals surface area (Å²) < 4.78 is 30.6. The molecule has 2 unspecified atom stereocenters. The number of halogens is 2. The summed E-state index contributed by atoms with van der Waals surface area (Å²) in [5.74, 6) is -6.12. The second kappa shape index (κ2) is 25.0. The third-order valence-corrected chi connectivity index (χ3v) is 16.0. The van der Waals surface area contributed by atoms with Crippen molar-refractivity contribution in [2.24, 2.45) is 10.8 Å². The van der Waals surface area contributed by atoms with Gasteiger partial charge in [0.2, 0.25) is 35.4 Å². The molecular formula is C61H79F2N9O7. The van der Waals surface area contributed by atoms with Gasteiger partial charge < -0.3 is 47.0 Å². The summed E-state index contributed by atoms with van der Waals surface area (Å²) in [6.45, 7) is 16.0. The van der Waals surface area contributed by atoms with Crippen molar-refractivity contribution in [2.45, 2.75) is 161 Å². The second-order valence-corrected chi connectivity index (χ2v) is 23.7. The van der Waals surface area contributed by atoms with Crippen molar-refractivity contribution in [1.82, 2.24) is 47.0 Å². The van der Waals surface area contributed by atoms with Gasteiger partial charge in [-0.1, -0.05) is 121 Å². The SMILES string of the molecule is CN[C@@H](C)C(=O)N[C@H](C(=O)N1C(C(=O)NCc2ccc(C(=O)N[C@H]3C[C@@H](C(=O)N[C@@H]4CCCc5ccccc54)N(C(=O)[C@@H](NC(=O)[C@H](C)NC)C(C)(C)C)C3)cc2)Cc2ccccc2C1[C@H](C)c1cccc(F)c1F)C(C)(C)C. The monoisotopic (exact) mass is 1090 g/mol. The highest BCUT2D eigenvalue weighted by Crippen LogP contribution is 2.45. The lowest BCUT2D eigenvalue weighted by atomic mass is 9.77. The van der Waals surface area contributed by atoms with Gasteiger partial charge in [-0.15, -0.1) is 0 Å². The number of nitrogens with one attached hydrogen (secondary N) is 7. The number of carbonyl (C=O) groups is 7. The van der Waals surface area contributed by atoms with Gasteiger partial charge in [-0.2, -0.15) is 0 Å². The van der Waals surface area contributed by atoms with Crippen LogP contribution in [0.3, 0.4) is 0 Å². The van der Waals surface area contributed by atoms with E-state index in [0.717, 1.165) is 42.0 Å². The van der Waals surface area contributed by atoms with Crippen LogP contribution in [0.25, 0.3) is 0 Å². The van der Waals surface area contributed by atoms with Crippen LogP contribution in [-0.2, 0) is 48.2 Å². The molecule has 1 aliphatic carbocycles. The van der Waals surface area contributed by atoms with E-state index in [2.05, 4.69) is 43.3 Å². The molecule has 1 fully saturated rings. The smallest absolute Gasteiger partial charge is 0.251 e. The summed E-state index contributed by atoms with van der Waals surface area (Å²) >= 11 is 0. The molecule has 2 aliphatic heterocycles.